The standard InChI is InChI=1S/C16H19Cl2NO4/c17-13-2-1-10(7-14(13)18)8-15(20)19-9-12(16(21)22)11-3-5-23-6-4-11/h1-2,7,11-12H,3-6,8-9H2,(H,19,20)(H,21,22). The third-order valence-corrected chi connectivity index (χ3v) is 4.76. The third-order valence-electron chi connectivity index (χ3n) is 4.02. The van der Waals surface area contributed by atoms with E-state index in [1.807, 2.05) is 0 Å². The average Bonchev–Trinajstić information content (AvgIpc) is 2.52. The molecule has 1 aromatic carbocycles. The Hall–Kier alpha value is -1.30. The maximum Gasteiger partial charge on any atom is 0.308 e. The van der Waals surface area contributed by atoms with E-state index in [2.05, 4.69) is 5.32 Å². The molecule has 126 valence electrons. The highest BCUT2D eigenvalue weighted by molar-refractivity contribution is 6.42. The summed E-state index contributed by atoms with van der Waals surface area (Å²) in [4.78, 5) is 23.4. The number of carbonyl (C=O) groups is 2. The average molecular weight is 360 g/mol. The van der Waals surface area contributed by atoms with Gasteiger partial charge < -0.3 is 15.2 Å². The van der Waals surface area contributed by atoms with E-state index in [1.165, 1.54) is 0 Å². The van der Waals surface area contributed by atoms with Crippen LogP contribution in [0.4, 0.5) is 0 Å². The predicted molar refractivity (Wildman–Crippen MR) is 87.8 cm³/mol. The molecule has 7 heteroatoms. The monoisotopic (exact) mass is 359 g/mol. The van der Waals surface area contributed by atoms with Crippen LogP contribution in [0.2, 0.25) is 10.0 Å². The van der Waals surface area contributed by atoms with Gasteiger partial charge in [-0.05, 0) is 36.5 Å². The first-order chi connectivity index (χ1) is 11.0. The van der Waals surface area contributed by atoms with Crippen LogP contribution in [0.25, 0.3) is 0 Å². The SMILES string of the molecule is O=C(Cc1ccc(Cl)c(Cl)c1)NCC(C(=O)O)C1CCOCC1. The fourth-order valence-electron chi connectivity index (χ4n) is 2.70. The zero-order chi connectivity index (χ0) is 16.8. The van der Waals surface area contributed by atoms with Gasteiger partial charge in [-0.25, -0.2) is 0 Å². The lowest BCUT2D eigenvalue weighted by Crippen LogP contribution is -2.39. The van der Waals surface area contributed by atoms with Crippen LogP contribution in [0.1, 0.15) is 18.4 Å². The van der Waals surface area contributed by atoms with Gasteiger partial charge in [-0.1, -0.05) is 29.3 Å². The van der Waals surface area contributed by atoms with Crippen LogP contribution in [-0.4, -0.2) is 36.7 Å². The summed E-state index contributed by atoms with van der Waals surface area (Å²) in [5.74, 6) is -1.67. The van der Waals surface area contributed by atoms with Crippen molar-refractivity contribution >= 4 is 35.1 Å². The molecule has 1 aromatic rings. The molecule has 0 aliphatic carbocycles. The van der Waals surface area contributed by atoms with Crippen molar-refractivity contribution in [2.45, 2.75) is 19.3 Å². The molecule has 23 heavy (non-hydrogen) atoms. The number of ether oxygens (including phenoxy) is 1. The summed E-state index contributed by atoms with van der Waals surface area (Å²) < 4.78 is 5.25. The second-order valence-corrected chi connectivity index (χ2v) is 6.44. The first-order valence-electron chi connectivity index (χ1n) is 7.48. The molecule has 2 N–H and O–H groups in total. The fourth-order valence-corrected chi connectivity index (χ4v) is 3.02. The van der Waals surface area contributed by atoms with E-state index in [-0.39, 0.29) is 24.8 Å². The number of amides is 1. The third kappa shape index (κ3) is 5.37. The Bertz CT molecular complexity index is 573. The molecule has 0 spiro atoms. The second-order valence-electron chi connectivity index (χ2n) is 5.62. The lowest BCUT2D eigenvalue weighted by molar-refractivity contribution is -0.144. The molecule has 0 radical (unpaired) electrons. The van der Waals surface area contributed by atoms with Gasteiger partial charge in [0.05, 0.1) is 22.4 Å². The molecule has 1 atom stereocenters. The zero-order valence-corrected chi connectivity index (χ0v) is 14.1. The molecule has 1 aliphatic heterocycles. The number of aliphatic carboxylic acids is 1. The summed E-state index contributed by atoms with van der Waals surface area (Å²) >= 11 is 11.7. The van der Waals surface area contributed by atoms with Gasteiger partial charge >= 0.3 is 5.97 Å². The van der Waals surface area contributed by atoms with Gasteiger partial charge in [0, 0.05) is 19.8 Å². The van der Waals surface area contributed by atoms with Gasteiger partial charge in [0.25, 0.3) is 0 Å². The van der Waals surface area contributed by atoms with E-state index in [4.69, 9.17) is 27.9 Å². The minimum Gasteiger partial charge on any atom is -0.481 e. The van der Waals surface area contributed by atoms with Crippen molar-refractivity contribution in [3.63, 3.8) is 0 Å². The number of carboxylic acid groups (broad SMARTS) is 1. The Balaban J connectivity index is 1.88. The fraction of sp³-hybridized carbons (Fsp3) is 0.500. The first kappa shape index (κ1) is 18.0. The van der Waals surface area contributed by atoms with Crippen LogP contribution in [0, 0.1) is 11.8 Å². The van der Waals surface area contributed by atoms with Crippen LogP contribution in [0.3, 0.4) is 0 Å². The molecule has 1 saturated heterocycles. The first-order valence-corrected chi connectivity index (χ1v) is 8.24. The number of rotatable bonds is 6. The highest BCUT2D eigenvalue weighted by Crippen LogP contribution is 2.24. The maximum atomic E-state index is 12.0. The van der Waals surface area contributed by atoms with Crippen molar-refractivity contribution in [2.24, 2.45) is 11.8 Å². The predicted octanol–water partition coefficient (Wildman–Crippen LogP) is 2.78. The van der Waals surface area contributed by atoms with Crippen molar-refractivity contribution < 1.29 is 19.4 Å². The Morgan fingerprint density at radius 3 is 2.57 bits per heavy atom. The summed E-state index contributed by atoms with van der Waals surface area (Å²) in [6, 6.07) is 4.99. The Morgan fingerprint density at radius 1 is 1.26 bits per heavy atom. The van der Waals surface area contributed by atoms with Gasteiger partial charge in [-0.15, -0.1) is 0 Å². The van der Waals surface area contributed by atoms with E-state index in [0.29, 0.717) is 36.1 Å². The second kappa shape index (κ2) is 8.52. The topological polar surface area (TPSA) is 75.6 Å². The lowest BCUT2D eigenvalue weighted by Gasteiger charge is -2.27. The molecular weight excluding hydrogens is 341 g/mol. The van der Waals surface area contributed by atoms with Gasteiger partial charge in [0.1, 0.15) is 0 Å². The van der Waals surface area contributed by atoms with Crippen molar-refractivity contribution in [1.82, 2.24) is 5.32 Å². The van der Waals surface area contributed by atoms with Crippen LogP contribution >= 0.6 is 23.2 Å². The van der Waals surface area contributed by atoms with Crippen LogP contribution in [0.15, 0.2) is 18.2 Å². The molecule has 2 rings (SSSR count). The van der Waals surface area contributed by atoms with Crippen LogP contribution in [-0.2, 0) is 20.7 Å². The summed E-state index contributed by atoms with van der Waals surface area (Å²) in [6.07, 6.45) is 1.55. The van der Waals surface area contributed by atoms with Gasteiger partial charge in [0.2, 0.25) is 5.91 Å². The molecule has 1 unspecified atom stereocenters. The number of carboxylic acids is 1. The zero-order valence-electron chi connectivity index (χ0n) is 12.6. The molecule has 0 aromatic heterocycles. The minimum absolute atomic E-state index is 0.0338. The molecule has 0 saturated carbocycles. The number of carbonyl (C=O) groups excluding carboxylic acids is 1. The summed E-state index contributed by atoms with van der Waals surface area (Å²) in [5.41, 5.74) is 0.731. The molecule has 1 heterocycles. The number of halogens is 2. The summed E-state index contributed by atoms with van der Waals surface area (Å²) in [5, 5.41) is 12.9. The van der Waals surface area contributed by atoms with E-state index in [0.717, 1.165) is 5.56 Å². The molecule has 5 nitrogen and oxygen atoms in total. The molecule has 1 amide bonds. The van der Waals surface area contributed by atoms with Gasteiger partial charge in [-0.3, -0.25) is 9.59 Å². The normalized spacial score (nSPS) is 16.8. The largest absolute Gasteiger partial charge is 0.481 e. The Labute approximate surface area is 144 Å². The maximum absolute atomic E-state index is 12.0. The van der Waals surface area contributed by atoms with Crippen molar-refractivity contribution in [2.75, 3.05) is 19.8 Å². The van der Waals surface area contributed by atoms with Gasteiger partial charge in [0.15, 0.2) is 0 Å². The Morgan fingerprint density at radius 2 is 1.96 bits per heavy atom. The highest BCUT2D eigenvalue weighted by Gasteiger charge is 2.29. The van der Waals surface area contributed by atoms with E-state index in [1.54, 1.807) is 18.2 Å². The minimum atomic E-state index is -0.883. The Kier molecular flexibility index (Phi) is 6.69. The highest BCUT2D eigenvalue weighted by atomic mass is 35.5. The summed E-state index contributed by atoms with van der Waals surface area (Å²) in [7, 11) is 0. The molecule has 1 aliphatic rings. The number of hydrogen-bond donors (Lipinski definition) is 2. The van der Waals surface area contributed by atoms with Crippen molar-refractivity contribution in [1.29, 1.82) is 0 Å². The molecule has 0 bridgehead atoms. The quantitative estimate of drug-likeness (QED) is 0.818. The number of hydrogen-bond acceptors (Lipinski definition) is 3. The van der Waals surface area contributed by atoms with E-state index in [9.17, 15) is 14.7 Å². The number of benzene rings is 1. The van der Waals surface area contributed by atoms with Crippen molar-refractivity contribution in [3.05, 3.63) is 33.8 Å². The van der Waals surface area contributed by atoms with Crippen LogP contribution in [0.5, 0.6) is 0 Å². The summed E-state index contributed by atoms with van der Waals surface area (Å²) in [6.45, 7) is 1.28. The smallest absolute Gasteiger partial charge is 0.308 e. The number of nitrogens with one attached hydrogen (secondary N) is 1. The van der Waals surface area contributed by atoms with Crippen LogP contribution < -0.4 is 5.32 Å². The van der Waals surface area contributed by atoms with Crippen molar-refractivity contribution in [3.8, 4) is 0 Å². The molecule has 1 fully saturated rings. The molecular formula is C16H19Cl2NO4. The van der Waals surface area contributed by atoms with E-state index >= 15 is 0 Å². The van der Waals surface area contributed by atoms with Gasteiger partial charge in [-0.2, -0.15) is 0 Å². The van der Waals surface area contributed by atoms with E-state index < -0.39 is 11.9 Å². The lowest BCUT2D eigenvalue weighted by atomic mass is 9.86.